The van der Waals surface area contributed by atoms with E-state index in [9.17, 15) is 0 Å². The van der Waals surface area contributed by atoms with Crippen LogP contribution in [0.5, 0.6) is 0 Å². The van der Waals surface area contributed by atoms with E-state index in [1.807, 2.05) is 13.3 Å². The van der Waals surface area contributed by atoms with Crippen LogP contribution in [0.1, 0.15) is 47.5 Å². The first-order valence-corrected chi connectivity index (χ1v) is 8.28. The first-order valence-electron chi connectivity index (χ1n) is 7.28. The molecule has 0 spiro atoms. The zero-order valence-electron chi connectivity index (χ0n) is 15.6. The molecule has 0 rings (SSSR count). The fraction of sp³-hybridized carbons (Fsp3) is 0.929. The van der Waals surface area contributed by atoms with Crippen LogP contribution in [-0.4, -0.2) is 42.3 Å². The summed E-state index contributed by atoms with van der Waals surface area (Å²) in [4.78, 5) is 0. The minimum Gasteiger partial charge on any atom is -0.413 e. The smallest absolute Gasteiger partial charge is 0.0543 e. The minimum absolute atomic E-state index is 0. The molecule has 0 heterocycles. The molecule has 6 heteroatoms. The Balaban J connectivity index is -0.0000000277. The van der Waals surface area contributed by atoms with E-state index in [-0.39, 0.29) is 72.8 Å². The summed E-state index contributed by atoms with van der Waals surface area (Å²) in [7, 11) is 0.667. The van der Waals surface area contributed by atoms with Crippen molar-refractivity contribution >= 4 is 18.4 Å². The zero-order chi connectivity index (χ0) is 15.8. The van der Waals surface area contributed by atoms with Gasteiger partial charge in [0.1, 0.15) is 0 Å². The molecule has 0 saturated heterocycles. The summed E-state index contributed by atoms with van der Waals surface area (Å²) in [5, 5.41) is 0. The molecule has 124 valence electrons. The van der Waals surface area contributed by atoms with Crippen LogP contribution in [0, 0.1) is 6.92 Å². The van der Waals surface area contributed by atoms with Gasteiger partial charge in [-0.2, -0.15) is 0 Å². The van der Waals surface area contributed by atoms with Crippen LogP contribution >= 0.6 is 18.4 Å². The second-order valence-corrected chi connectivity index (χ2v) is 2.72. The maximum absolute atomic E-state index is 6.24. The predicted octanol–water partition coefficient (Wildman–Crippen LogP) is 4.68. The Morgan fingerprint density at radius 1 is 0.850 bits per heavy atom. The van der Waals surface area contributed by atoms with E-state index in [2.05, 4.69) is 27.7 Å². The molecule has 0 aromatic rings. The molecule has 2 unspecified atom stereocenters. The molecular formula is C14H39O2P2Y2-. The van der Waals surface area contributed by atoms with E-state index in [4.69, 9.17) is 12.0 Å². The van der Waals surface area contributed by atoms with Crippen LogP contribution in [0.3, 0.4) is 0 Å². The summed E-state index contributed by atoms with van der Waals surface area (Å²) in [5.41, 5.74) is 0. The third-order valence-corrected chi connectivity index (χ3v) is 1.19. The third kappa shape index (κ3) is 84.1. The van der Waals surface area contributed by atoms with Gasteiger partial charge in [0, 0.05) is 85.2 Å². The van der Waals surface area contributed by atoms with E-state index in [0.29, 0.717) is 25.0 Å². The predicted molar refractivity (Wildman–Crippen MR) is 95.9 cm³/mol. The molecule has 0 aliphatic carbocycles. The second kappa shape index (κ2) is 67.4. The van der Waals surface area contributed by atoms with Gasteiger partial charge in [0.05, 0.1) is 2.56 Å². The minimum atomic E-state index is 0. The average Bonchev–Trinajstić information content (AvgIpc) is 2.40. The topological polar surface area (TPSA) is 18.5 Å². The van der Waals surface area contributed by atoms with Gasteiger partial charge in [0.15, 0.2) is 0 Å². The zero-order valence-corrected chi connectivity index (χ0v) is 21.3. The second-order valence-electron chi connectivity index (χ2n) is 2.72. The van der Waals surface area contributed by atoms with E-state index in [0.717, 1.165) is 39.1 Å². The Kier molecular flexibility index (Phi) is 116. The van der Waals surface area contributed by atoms with Crippen molar-refractivity contribution in [3.05, 3.63) is 6.92 Å². The summed E-state index contributed by atoms with van der Waals surface area (Å²) >= 11 is 0. The molecule has 0 bridgehead atoms. The third-order valence-electron chi connectivity index (χ3n) is 1.19. The first-order chi connectivity index (χ1) is 9.16. The van der Waals surface area contributed by atoms with E-state index < -0.39 is 0 Å². The summed E-state index contributed by atoms with van der Waals surface area (Å²) in [6.07, 6.45) is 3.37. The number of rotatable bonds is 7. The number of hydrogen-bond donors (Lipinski definition) is 0. The van der Waals surface area contributed by atoms with Crippen LogP contribution in [0.2, 0.25) is 0 Å². The Morgan fingerprint density at radius 3 is 1.25 bits per heavy atom. The van der Waals surface area contributed by atoms with Crippen molar-refractivity contribution in [3.8, 4) is 0 Å². The van der Waals surface area contributed by atoms with Crippen molar-refractivity contribution in [1.82, 2.24) is 0 Å². The molecule has 0 saturated carbocycles. The Morgan fingerprint density at radius 2 is 1.10 bits per heavy atom. The van der Waals surface area contributed by atoms with Crippen molar-refractivity contribution in [2.75, 3.05) is 39.8 Å². The fourth-order valence-corrected chi connectivity index (χ4v) is 0.637. The summed E-state index contributed by atoms with van der Waals surface area (Å²) in [6, 6.07) is 0. The van der Waals surface area contributed by atoms with E-state index in [1.54, 1.807) is 0 Å². The van der Waals surface area contributed by atoms with Gasteiger partial charge < -0.3 is 16.4 Å². The molecule has 0 aliphatic rings. The molecule has 0 amide bonds. The van der Waals surface area contributed by atoms with Gasteiger partial charge in [-0.15, -0.1) is 18.4 Å². The van der Waals surface area contributed by atoms with Crippen molar-refractivity contribution in [2.24, 2.45) is 0 Å². The van der Waals surface area contributed by atoms with E-state index >= 15 is 0 Å². The van der Waals surface area contributed by atoms with Crippen LogP contribution in [0.4, 0.5) is 0 Å². The van der Waals surface area contributed by atoms with Crippen LogP contribution in [-0.2, 0) is 74.9 Å². The van der Waals surface area contributed by atoms with Crippen LogP contribution < -0.4 is 0 Å². The summed E-state index contributed by atoms with van der Waals surface area (Å²) in [6.45, 7) is 16.8. The van der Waals surface area contributed by atoms with Gasteiger partial charge in [-0.3, -0.25) is 0 Å². The number of hydrogen-bond acceptors (Lipinski definition) is 2. The van der Waals surface area contributed by atoms with Gasteiger partial charge >= 0.3 is 0 Å². The molecule has 0 aromatic carbocycles. The Bertz CT molecular complexity index is 103. The maximum atomic E-state index is 6.24. The van der Waals surface area contributed by atoms with Gasteiger partial charge in [-0.1, -0.05) is 48.1 Å². The molecule has 0 aliphatic heterocycles. The first kappa shape index (κ1) is 34.3. The Labute approximate surface area is 188 Å². The summed E-state index contributed by atoms with van der Waals surface area (Å²) < 4.78 is 22.5. The molecule has 20 heavy (non-hydrogen) atoms. The van der Waals surface area contributed by atoms with Gasteiger partial charge in [-0.25, -0.2) is 0 Å². The van der Waals surface area contributed by atoms with Crippen molar-refractivity contribution in [3.63, 3.8) is 0 Å². The Hall–Kier alpha value is 2.99. The van der Waals surface area contributed by atoms with Gasteiger partial charge in [0.2, 0.25) is 0 Å². The van der Waals surface area contributed by atoms with Crippen molar-refractivity contribution in [2.45, 2.75) is 47.5 Å². The average molecular weight is 483 g/mol. The quantitative estimate of drug-likeness (QED) is 0.298. The standard InChI is InChI=1S/C6H14O.C5H11O.2CH5P.CH4.2Y/c1-3-5-7-6-4-2;1-3-5-6-4-2;2*1-2;;;/h3-6H2,1-2H3;2-5H2,1H3;2*2H2,1H3;1H4;;/q;-1;;;;;/i;;2*2T;;;. The van der Waals surface area contributed by atoms with Crippen molar-refractivity contribution < 1.29 is 74.9 Å². The molecule has 0 fully saturated rings. The molecule has 2 radical (unpaired) electrons. The molecular weight excluding hydrogens is 440 g/mol. The monoisotopic (exact) mass is 483 g/mol. The van der Waals surface area contributed by atoms with E-state index in [1.165, 1.54) is 0 Å². The normalized spacial score (nSPS) is 9.10. The fourth-order valence-electron chi connectivity index (χ4n) is 0.637. The molecule has 0 aromatic heterocycles. The van der Waals surface area contributed by atoms with Crippen LogP contribution in [0.15, 0.2) is 0 Å². The SMILES string of the molecule is C.CCCOCCC.[3H]PC.[3H]PC.[CH2-]COCCC.[Y].[Y]. The van der Waals surface area contributed by atoms with Gasteiger partial charge in [-0.05, 0) is 19.3 Å². The molecule has 0 N–H and O–H groups in total. The molecule has 2 atom stereocenters. The van der Waals surface area contributed by atoms with Gasteiger partial charge in [0.25, 0.3) is 0 Å². The number of ether oxygens (including phenoxy) is 2. The largest absolute Gasteiger partial charge is 0.413 e. The van der Waals surface area contributed by atoms with Crippen molar-refractivity contribution in [1.29, 1.82) is 2.56 Å². The summed E-state index contributed by atoms with van der Waals surface area (Å²) in [5.74, 6) is 0. The maximum Gasteiger partial charge on any atom is 0.0543 e. The van der Waals surface area contributed by atoms with Crippen LogP contribution in [0.25, 0.3) is 0 Å². The molecule has 2 nitrogen and oxygen atoms in total.